The summed E-state index contributed by atoms with van der Waals surface area (Å²) in [5.41, 5.74) is 1.38. The predicted molar refractivity (Wildman–Crippen MR) is 104 cm³/mol. The van der Waals surface area contributed by atoms with Crippen LogP contribution >= 0.6 is 0 Å². The molecular formula is C23H22O4. The van der Waals surface area contributed by atoms with E-state index in [4.69, 9.17) is 9.47 Å². The number of benzene rings is 2. The first-order valence-corrected chi connectivity index (χ1v) is 8.70. The number of carbonyl (C=O) groups is 2. The van der Waals surface area contributed by atoms with Crippen LogP contribution in [0.2, 0.25) is 0 Å². The van der Waals surface area contributed by atoms with Crippen LogP contribution in [0.3, 0.4) is 0 Å². The van der Waals surface area contributed by atoms with Crippen molar-refractivity contribution in [2.45, 2.75) is 32.0 Å². The van der Waals surface area contributed by atoms with Gasteiger partial charge in [-0.3, -0.25) is 4.79 Å². The Morgan fingerprint density at radius 2 is 1.67 bits per heavy atom. The first-order chi connectivity index (χ1) is 13.1. The second-order valence-corrected chi connectivity index (χ2v) is 5.83. The van der Waals surface area contributed by atoms with Crippen LogP contribution in [0.25, 0.3) is 0 Å². The van der Waals surface area contributed by atoms with Gasteiger partial charge < -0.3 is 9.47 Å². The Bertz CT molecular complexity index is 816. The van der Waals surface area contributed by atoms with Crippen molar-refractivity contribution in [3.05, 3.63) is 84.4 Å². The van der Waals surface area contributed by atoms with Gasteiger partial charge in [0.05, 0.1) is 0 Å². The first kappa shape index (κ1) is 20.0. The highest BCUT2D eigenvalue weighted by atomic mass is 16.6. The van der Waals surface area contributed by atoms with Crippen LogP contribution in [0.1, 0.15) is 37.0 Å². The van der Waals surface area contributed by atoms with Gasteiger partial charge in [0.25, 0.3) is 0 Å². The Hall–Kier alpha value is -3.32. The number of rotatable bonds is 7. The molecule has 0 amide bonds. The molecule has 0 aromatic heterocycles. The van der Waals surface area contributed by atoms with Crippen molar-refractivity contribution in [2.24, 2.45) is 0 Å². The molecule has 2 rings (SSSR count). The molecule has 0 bridgehead atoms. The van der Waals surface area contributed by atoms with E-state index in [0.717, 1.165) is 5.56 Å². The van der Waals surface area contributed by atoms with E-state index in [1.807, 2.05) is 36.4 Å². The van der Waals surface area contributed by atoms with Gasteiger partial charge in [-0.05, 0) is 25.0 Å². The zero-order valence-corrected chi connectivity index (χ0v) is 15.3. The fraction of sp³-hybridized carbons (Fsp3) is 0.217. The molecule has 2 aromatic carbocycles. The van der Waals surface area contributed by atoms with Gasteiger partial charge in [0.1, 0.15) is 0 Å². The van der Waals surface area contributed by atoms with E-state index in [2.05, 4.69) is 18.4 Å². The van der Waals surface area contributed by atoms with Crippen LogP contribution in [-0.2, 0) is 19.1 Å². The minimum atomic E-state index is -1.12. The molecule has 0 aliphatic rings. The van der Waals surface area contributed by atoms with E-state index in [1.165, 1.54) is 6.92 Å². The lowest BCUT2D eigenvalue weighted by Crippen LogP contribution is -2.25. The lowest BCUT2D eigenvalue weighted by molar-refractivity contribution is -0.169. The summed E-state index contributed by atoms with van der Waals surface area (Å²) in [5, 5.41) is 0. The van der Waals surface area contributed by atoms with Gasteiger partial charge in [0, 0.05) is 18.1 Å². The second kappa shape index (κ2) is 10.6. The summed E-state index contributed by atoms with van der Waals surface area (Å²) in [6.07, 6.45) is 1.15. The van der Waals surface area contributed by atoms with Crippen molar-refractivity contribution >= 4 is 11.9 Å². The summed E-state index contributed by atoms with van der Waals surface area (Å²) in [6, 6.07) is 18.2. The van der Waals surface area contributed by atoms with E-state index in [1.54, 1.807) is 30.3 Å². The Balaban J connectivity index is 2.18. The van der Waals surface area contributed by atoms with Crippen LogP contribution in [-0.4, -0.2) is 18.0 Å². The van der Waals surface area contributed by atoms with Crippen molar-refractivity contribution in [1.29, 1.82) is 0 Å². The molecule has 0 aliphatic carbocycles. The number of carbonyl (C=O) groups excluding carboxylic acids is 2. The zero-order valence-electron chi connectivity index (χ0n) is 15.3. The number of hydrogen-bond acceptors (Lipinski definition) is 4. The number of ether oxygens (including phenoxy) is 2. The lowest BCUT2D eigenvalue weighted by Gasteiger charge is -2.19. The largest absolute Gasteiger partial charge is 0.446 e. The molecule has 0 saturated carbocycles. The van der Waals surface area contributed by atoms with Crippen LogP contribution < -0.4 is 0 Å². The van der Waals surface area contributed by atoms with Gasteiger partial charge in [-0.2, -0.15) is 0 Å². The third kappa shape index (κ3) is 6.83. The van der Waals surface area contributed by atoms with Crippen LogP contribution in [0.4, 0.5) is 0 Å². The summed E-state index contributed by atoms with van der Waals surface area (Å²) in [4.78, 5) is 24.1. The molecule has 0 fully saturated rings. The number of allylic oxidation sites excluding steroid dienone is 1. The Morgan fingerprint density at radius 1 is 1.04 bits per heavy atom. The van der Waals surface area contributed by atoms with E-state index in [9.17, 15) is 9.59 Å². The maximum absolute atomic E-state index is 12.7. The van der Waals surface area contributed by atoms with Crippen LogP contribution in [0.15, 0.2) is 73.3 Å². The number of hydrogen-bond donors (Lipinski definition) is 0. The molecule has 0 N–H and O–H groups in total. The zero-order chi connectivity index (χ0) is 19.5. The smallest absolute Gasteiger partial charge is 0.353 e. The summed E-state index contributed by atoms with van der Waals surface area (Å²) >= 11 is 0. The molecule has 4 nitrogen and oxygen atoms in total. The van der Waals surface area contributed by atoms with Gasteiger partial charge in [0.15, 0.2) is 6.10 Å². The molecule has 0 unspecified atom stereocenters. The van der Waals surface area contributed by atoms with Crippen molar-refractivity contribution < 1.29 is 19.1 Å². The summed E-state index contributed by atoms with van der Waals surface area (Å²) in [6.45, 7) is 4.95. The van der Waals surface area contributed by atoms with Crippen molar-refractivity contribution in [3.8, 4) is 11.8 Å². The summed E-state index contributed by atoms with van der Waals surface area (Å²) in [5.74, 6) is 4.79. The van der Waals surface area contributed by atoms with Gasteiger partial charge >= 0.3 is 11.9 Å². The lowest BCUT2D eigenvalue weighted by atomic mass is 10.1. The molecule has 0 saturated heterocycles. The topological polar surface area (TPSA) is 52.6 Å². The van der Waals surface area contributed by atoms with Crippen LogP contribution in [0, 0.1) is 11.8 Å². The normalized spacial score (nSPS) is 12.0. The fourth-order valence-corrected chi connectivity index (χ4v) is 2.36. The van der Waals surface area contributed by atoms with Crippen molar-refractivity contribution in [3.63, 3.8) is 0 Å². The molecular weight excluding hydrogens is 340 g/mol. The molecule has 0 heterocycles. The highest BCUT2D eigenvalue weighted by Gasteiger charge is 2.27. The molecule has 138 valence electrons. The van der Waals surface area contributed by atoms with Gasteiger partial charge in [-0.1, -0.05) is 66.4 Å². The molecule has 4 heteroatoms. The standard InChI is InChI=1S/C23H22O4/c1-3-4-15-21(17-16-19-11-7-5-8-12-19)27-23(25)22(26-18(2)24)20-13-9-6-10-14-20/h3,5-14,21-22H,1,4,15H2,2H3/t21-,22+/m0/s1. The van der Waals surface area contributed by atoms with Gasteiger partial charge in [-0.25, -0.2) is 4.79 Å². The van der Waals surface area contributed by atoms with E-state index in [-0.39, 0.29) is 0 Å². The second-order valence-electron chi connectivity index (χ2n) is 5.83. The quantitative estimate of drug-likeness (QED) is 0.420. The minimum absolute atomic E-state index is 0.511. The average Bonchev–Trinajstić information content (AvgIpc) is 2.69. The van der Waals surface area contributed by atoms with E-state index in [0.29, 0.717) is 18.4 Å². The van der Waals surface area contributed by atoms with E-state index >= 15 is 0 Å². The number of esters is 2. The minimum Gasteiger partial charge on any atom is -0.446 e. The van der Waals surface area contributed by atoms with Gasteiger partial charge in [-0.15, -0.1) is 6.58 Å². The highest BCUT2D eigenvalue weighted by molar-refractivity contribution is 5.80. The van der Waals surface area contributed by atoms with Crippen molar-refractivity contribution in [2.75, 3.05) is 0 Å². The molecule has 2 atom stereocenters. The summed E-state index contributed by atoms with van der Waals surface area (Å²) in [7, 11) is 0. The van der Waals surface area contributed by atoms with E-state index < -0.39 is 24.1 Å². The molecule has 0 aliphatic heterocycles. The highest BCUT2D eigenvalue weighted by Crippen LogP contribution is 2.20. The Labute approximate surface area is 159 Å². The average molecular weight is 362 g/mol. The molecule has 2 aromatic rings. The maximum atomic E-state index is 12.7. The predicted octanol–water partition coefficient (Wildman–Crippen LogP) is 4.22. The first-order valence-electron chi connectivity index (χ1n) is 8.70. The third-order valence-corrected chi connectivity index (χ3v) is 3.64. The molecule has 0 spiro atoms. The SMILES string of the molecule is C=CCC[C@@H](C#Cc1ccccc1)OC(=O)[C@H](OC(C)=O)c1ccccc1. The van der Waals surface area contributed by atoms with Crippen molar-refractivity contribution in [1.82, 2.24) is 0 Å². The monoisotopic (exact) mass is 362 g/mol. The molecule has 0 radical (unpaired) electrons. The Morgan fingerprint density at radius 3 is 2.26 bits per heavy atom. The fourth-order valence-electron chi connectivity index (χ4n) is 2.36. The van der Waals surface area contributed by atoms with Crippen LogP contribution in [0.5, 0.6) is 0 Å². The van der Waals surface area contributed by atoms with Gasteiger partial charge in [0.2, 0.25) is 6.10 Å². The third-order valence-electron chi connectivity index (χ3n) is 3.64. The molecule has 27 heavy (non-hydrogen) atoms. The maximum Gasteiger partial charge on any atom is 0.353 e. The Kier molecular flexibility index (Phi) is 7.87. The summed E-state index contributed by atoms with van der Waals surface area (Å²) < 4.78 is 10.7.